The molecule has 2 aromatic heterocycles. The van der Waals surface area contributed by atoms with Crippen molar-refractivity contribution in [2.24, 2.45) is 0 Å². The molecule has 2 heterocycles. The Morgan fingerprint density at radius 2 is 1.81 bits per heavy atom. The van der Waals surface area contributed by atoms with Crippen LogP contribution in [0.5, 0.6) is 5.75 Å². The van der Waals surface area contributed by atoms with E-state index in [0.29, 0.717) is 4.70 Å². The third-order valence-corrected chi connectivity index (χ3v) is 4.60. The highest BCUT2D eigenvalue weighted by molar-refractivity contribution is 7.25. The number of hydrogen-bond donors (Lipinski definition) is 2. The molecule has 102 valence electrons. The zero-order valence-corrected chi connectivity index (χ0v) is 11.6. The average molecular weight is 294 g/mol. The average Bonchev–Trinajstić information content (AvgIpc) is 2.87. The molecule has 4 aromatic rings. The Morgan fingerprint density at radius 3 is 2.62 bits per heavy atom. The highest BCUT2D eigenvalue weighted by atomic mass is 32.1. The number of aromatic nitrogens is 2. The molecule has 0 spiro atoms. The normalized spacial score (nSPS) is 11.2. The second-order valence-electron chi connectivity index (χ2n) is 4.77. The molecule has 0 unspecified atom stereocenters. The highest BCUT2D eigenvalue weighted by Crippen LogP contribution is 2.33. The van der Waals surface area contributed by atoms with Crippen molar-refractivity contribution >= 4 is 31.6 Å². The number of benzene rings is 2. The molecular weight excluding hydrogens is 284 g/mol. The van der Waals surface area contributed by atoms with E-state index in [9.17, 15) is 9.90 Å². The largest absolute Gasteiger partial charge is 0.508 e. The van der Waals surface area contributed by atoms with Crippen molar-refractivity contribution in [3.05, 3.63) is 59.1 Å². The van der Waals surface area contributed by atoms with Crippen molar-refractivity contribution in [2.75, 3.05) is 0 Å². The molecule has 0 fully saturated rings. The smallest absolute Gasteiger partial charge is 0.268 e. The number of fused-ring (bicyclic) bond motifs is 3. The first-order valence-corrected chi connectivity index (χ1v) is 7.23. The Kier molecular flexibility index (Phi) is 2.55. The third-order valence-electron chi connectivity index (χ3n) is 3.46. The first kappa shape index (κ1) is 12.1. The molecule has 0 radical (unpaired) electrons. The molecule has 0 aliphatic carbocycles. The SMILES string of the molecule is O=c1[nH]cnc2c1sc1cc(-c3ccc(O)cc3)ccc12. The highest BCUT2D eigenvalue weighted by Gasteiger charge is 2.10. The maximum absolute atomic E-state index is 11.8. The Balaban J connectivity index is 1.98. The summed E-state index contributed by atoms with van der Waals surface area (Å²) in [4.78, 5) is 18.7. The summed E-state index contributed by atoms with van der Waals surface area (Å²) < 4.78 is 1.68. The lowest BCUT2D eigenvalue weighted by Gasteiger charge is -2.02. The molecular formula is C16H10N2O2S. The van der Waals surface area contributed by atoms with Crippen molar-refractivity contribution in [2.45, 2.75) is 0 Å². The molecule has 0 atom stereocenters. The van der Waals surface area contributed by atoms with Crippen LogP contribution in [0.2, 0.25) is 0 Å². The molecule has 21 heavy (non-hydrogen) atoms. The van der Waals surface area contributed by atoms with Crippen LogP contribution in [0.15, 0.2) is 53.6 Å². The monoisotopic (exact) mass is 294 g/mol. The van der Waals surface area contributed by atoms with Gasteiger partial charge in [0.05, 0.1) is 11.8 Å². The van der Waals surface area contributed by atoms with Gasteiger partial charge in [-0.1, -0.05) is 24.3 Å². The number of H-pyrrole nitrogens is 1. The second kappa shape index (κ2) is 4.43. The van der Waals surface area contributed by atoms with Crippen LogP contribution in [-0.4, -0.2) is 15.1 Å². The number of thiophene rings is 1. The maximum atomic E-state index is 11.8. The van der Waals surface area contributed by atoms with Crippen LogP contribution in [0.3, 0.4) is 0 Å². The van der Waals surface area contributed by atoms with Crippen LogP contribution in [0.1, 0.15) is 0 Å². The molecule has 2 aromatic carbocycles. The molecule has 0 bridgehead atoms. The third kappa shape index (κ3) is 1.90. The van der Waals surface area contributed by atoms with Crippen LogP contribution in [-0.2, 0) is 0 Å². The van der Waals surface area contributed by atoms with Gasteiger partial charge in [0.2, 0.25) is 0 Å². The molecule has 0 saturated heterocycles. The van der Waals surface area contributed by atoms with E-state index in [1.165, 1.54) is 17.7 Å². The van der Waals surface area contributed by atoms with E-state index < -0.39 is 0 Å². The molecule has 0 amide bonds. The van der Waals surface area contributed by atoms with Gasteiger partial charge >= 0.3 is 0 Å². The van der Waals surface area contributed by atoms with Crippen molar-refractivity contribution in [1.29, 1.82) is 0 Å². The predicted octanol–water partition coefficient (Wildman–Crippen LogP) is 3.51. The molecule has 0 aliphatic rings. The van der Waals surface area contributed by atoms with Crippen LogP contribution in [0.25, 0.3) is 31.4 Å². The number of phenols is 1. The van der Waals surface area contributed by atoms with E-state index in [-0.39, 0.29) is 11.3 Å². The lowest BCUT2D eigenvalue weighted by Crippen LogP contribution is -2.03. The van der Waals surface area contributed by atoms with Crippen molar-refractivity contribution in [3.8, 4) is 16.9 Å². The minimum absolute atomic E-state index is 0.104. The van der Waals surface area contributed by atoms with Gasteiger partial charge in [-0.2, -0.15) is 0 Å². The molecule has 4 rings (SSSR count). The summed E-state index contributed by atoms with van der Waals surface area (Å²) in [5.74, 6) is 0.248. The minimum Gasteiger partial charge on any atom is -0.508 e. The van der Waals surface area contributed by atoms with E-state index in [2.05, 4.69) is 9.97 Å². The fraction of sp³-hybridized carbons (Fsp3) is 0. The van der Waals surface area contributed by atoms with Gasteiger partial charge in [0.25, 0.3) is 5.56 Å². The van der Waals surface area contributed by atoms with Crippen LogP contribution in [0, 0.1) is 0 Å². The lowest BCUT2D eigenvalue weighted by molar-refractivity contribution is 0.475. The molecule has 5 heteroatoms. The van der Waals surface area contributed by atoms with Gasteiger partial charge in [0.1, 0.15) is 10.4 Å². The Morgan fingerprint density at radius 1 is 1.05 bits per heavy atom. The quantitative estimate of drug-likeness (QED) is 0.564. The number of nitrogens with zero attached hydrogens (tertiary/aromatic N) is 1. The molecule has 2 N–H and O–H groups in total. The van der Waals surface area contributed by atoms with E-state index >= 15 is 0 Å². The fourth-order valence-electron chi connectivity index (χ4n) is 2.42. The Hall–Kier alpha value is -2.66. The van der Waals surface area contributed by atoms with E-state index in [0.717, 1.165) is 26.7 Å². The number of rotatable bonds is 1. The zero-order valence-electron chi connectivity index (χ0n) is 10.8. The van der Waals surface area contributed by atoms with Crippen LogP contribution in [0.4, 0.5) is 0 Å². The van der Waals surface area contributed by atoms with Crippen molar-refractivity contribution in [1.82, 2.24) is 9.97 Å². The summed E-state index contributed by atoms with van der Waals surface area (Å²) in [5, 5.41) is 10.3. The van der Waals surface area contributed by atoms with Gasteiger partial charge in [-0.3, -0.25) is 4.79 Å². The maximum Gasteiger partial charge on any atom is 0.268 e. The van der Waals surface area contributed by atoms with Gasteiger partial charge < -0.3 is 10.1 Å². The van der Waals surface area contributed by atoms with Crippen molar-refractivity contribution < 1.29 is 5.11 Å². The predicted molar refractivity (Wildman–Crippen MR) is 84.8 cm³/mol. The summed E-state index contributed by atoms with van der Waals surface area (Å²) in [6, 6.07) is 13.1. The summed E-state index contributed by atoms with van der Waals surface area (Å²) in [6.07, 6.45) is 1.44. The van der Waals surface area contributed by atoms with Gasteiger partial charge in [0, 0.05) is 10.1 Å². The Bertz CT molecular complexity index is 1020. The van der Waals surface area contributed by atoms with E-state index in [1.807, 2.05) is 30.3 Å². The number of aromatic amines is 1. The minimum atomic E-state index is -0.104. The number of hydrogen-bond acceptors (Lipinski definition) is 4. The molecule has 0 aliphatic heterocycles. The lowest BCUT2D eigenvalue weighted by atomic mass is 10.0. The first-order valence-electron chi connectivity index (χ1n) is 6.42. The molecule has 4 nitrogen and oxygen atoms in total. The molecule has 0 saturated carbocycles. The number of nitrogens with one attached hydrogen (secondary N) is 1. The van der Waals surface area contributed by atoms with E-state index in [4.69, 9.17) is 0 Å². The topological polar surface area (TPSA) is 66.0 Å². The van der Waals surface area contributed by atoms with Gasteiger partial charge in [-0.15, -0.1) is 11.3 Å². The van der Waals surface area contributed by atoms with Gasteiger partial charge in [0.15, 0.2) is 0 Å². The first-order chi connectivity index (χ1) is 10.2. The van der Waals surface area contributed by atoms with Gasteiger partial charge in [-0.25, -0.2) is 4.98 Å². The summed E-state index contributed by atoms with van der Waals surface area (Å²) in [5.41, 5.74) is 2.71. The zero-order chi connectivity index (χ0) is 14.4. The Labute approximate surface area is 123 Å². The van der Waals surface area contributed by atoms with E-state index in [1.54, 1.807) is 12.1 Å². The standard InChI is InChI=1S/C16H10N2O2S/c19-11-4-1-9(2-5-11)10-3-6-12-13(7-10)21-15-14(12)17-8-18-16(15)20/h1-8,19H,(H,17,18,20). The fourth-order valence-corrected chi connectivity index (χ4v) is 3.51. The van der Waals surface area contributed by atoms with Crippen LogP contribution >= 0.6 is 11.3 Å². The summed E-state index contributed by atoms with van der Waals surface area (Å²) >= 11 is 1.44. The van der Waals surface area contributed by atoms with Gasteiger partial charge in [-0.05, 0) is 29.3 Å². The second-order valence-corrected chi connectivity index (χ2v) is 5.82. The summed E-state index contributed by atoms with van der Waals surface area (Å²) in [6.45, 7) is 0. The number of phenolic OH excluding ortho intramolecular Hbond substituents is 1. The van der Waals surface area contributed by atoms with Crippen LogP contribution < -0.4 is 5.56 Å². The number of aromatic hydroxyl groups is 1. The van der Waals surface area contributed by atoms with Crippen molar-refractivity contribution in [3.63, 3.8) is 0 Å². The summed E-state index contributed by atoms with van der Waals surface area (Å²) in [7, 11) is 0.